The Morgan fingerprint density at radius 3 is 1.08 bits per heavy atom. The van der Waals surface area contributed by atoms with Crippen LogP contribution in [0.4, 0.5) is 0 Å². The zero-order chi connectivity index (χ0) is 10.2. The molecule has 0 radical (unpaired) electrons. The molecule has 0 aromatic carbocycles. The number of nitrogens with zero attached hydrogens (tertiary/aromatic N) is 1. The maximum absolute atomic E-state index is 7.50. The van der Waals surface area contributed by atoms with Crippen molar-refractivity contribution in [3.63, 3.8) is 0 Å². The van der Waals surface area contributed by atoms with Crippen molar-refractivity contribution in [1.82, 2.24) is 4.98 Å². The van der Waals surface area contributed by atoms with Crippen molar-refractivity contribution in [1.29, 1.82) is 0 Å². The standard InChI is InChI=1S/C5H5N.3CO.Cr/c1-2-4-6-5-3-1;3*1-2;/h1-5H;;;;. The van der Waals surface area contributed by atoms with Gasteiger partial charge in [0.25, 0.3) is 0 Å². The minimum Gasteiger partial charge on any atom is -0.265 e. The summed E-state index contributed by atoms with van der Waals surface area (Å²) in [6.07, 6.45) is 3.50. The summed E-state index contributed by atoms with van der Waals surface area (Å²) in [6, 6.07) is 5.72. The minimum atomic E-state index is 0. The fraction of sp³-hybridized carbons (Fsp3) is 0. The Morgan fingerprint density at radius 1 is 0.692 bits per heavy atom. The number of hydrogen-bond acceptors (Lipinski definition) is 1. The first kappa shape index (κ1) is 22.7. The van der Waals surface area contributed by atoms with Gasteiger partial charge < -0.3 is 0 Å². The third-order valence-corrected chi connectivity index (χ3v) is 0.566. The molecule has 1 aromatic heterocycles. The van der Waals surface area contributed by atoms with E-state index in [1.54, 1.807) is 12.4 Å². The van der Waals surface area contributed by atoms with Crippen LogP contribution in [0.2, 0.25) is 0 Å². The van der Waals surface area contributed by atoms with Crippen LogP contribution >= 0.6 is 0 Å². The van der Waals surface area contributed by atoms with E-state index < -0.39 is 0 Å². The van der Waals surface area contributed by atoms with Gasteiger partial charge in [-0.15, -0.1) is 0 Å². The van der Waals surface area contributed by atoms with Gasteiger partial charge in [-0.05, 0) is 12.1 Å². The second kappa shape index (κ2) is 44.5. The first-order chi connectivity index (χ1) is 6.00. The molecule has 0 atom stereocenters. The van der Waals surface area contributed by atoms with Crippen molar-refractivity contribution in [2.24, 2.45) is 0 Å². The number of hydrogen-bond donors (Lipinski definition) is 0. The molecule has 0 N–H and O–H groups in total. The predicted octanol–water partition coefficient (Wildman–Crippen LogP) is 0.967. The quantitative estimate of drug-likeness (QED) is 0.469. The Hall–Kier alpha value is -1.10. The second-order valence-corrected chi connectivity index (χ2v) is 1.02. The van der Waals surface area contributed by atoms with Crippen LogP contribution in [0.3, 0.4) is 0 Å². The zero-order valence-electron chi connectivity index (χ0n) is 6.47. The van der Waals surface area contributed by atoms with Crippen LogP contribution < -0.4 is 0 Å². The van der Waals surface area contributed by atoms with Crippen molar-refractivity contribution >= 4 is 0 Å². The number of pyridine rings is 1. The summed E-state index contributed by atoms with van der Waals surface area (Å²) in [5.41, 5.74) is 0. The molecule has 0 aliphatic carbocycles. The Labute approximate surface area is 87.3 Å². The molecule has 4 nitrogen and oxygen atoms in total. The van der Waals surface area contributed by atoms with E-state index in [9.17, 15) is 0 Å². The van der Waals surface area contributed by atoms with Crippen LogP contribution in [0, 0.1) is 20.0 Å². The van der Waals surface area contributed by atoms with E-state index in [4.69, 9.17) is 14.0 Å². The van der Waals surface area contributed by atoms with Gasteiger partial charge >= 0.3 is 33.9 Å². The summed E-state index contributed by atoms with van der Waals surface area (Å²) in [5, 5.41) is 0. The van der Waals surface area contributed by atoms with Gasteiger partial charge in [-0.25, -0.2) is 0 Å². The molecule has 0 fully saturated rings. The van der Waals surface area contributed by atoms with Crippen LogP contribution in [-0.2, 0) is 31.3 Å². The molecule has 0 saturated carbocycles. The fourth-order valence-electron chi connectivity index (χ4n) is 0.313. The molecule has 0 saturated heterocycles. The fourth-order valence-corrected chi connectivity index (χ4v) is 0.313. The number of aromatic nitrogens is 1. The second-order valence-electron chi connectivity index (χ2n) is 1.02. The van der Waals surface area contributed by atoms with Crippen LogP contribution in [0.5, 0.6) is 0 Å². The largest absolute Gasteiger partial charge is 0.265 e. The van der Waals surface area contributed by atoms with Gasteiger partial charge in [0.05, 0.1) is 0 Å². The third kappa shape index (κ3) is 36.0. The molecule has 1 heterocycles. The van der Waals surface area contributed by atoms with Crippen LogP contribution in [0.1, 0.15) is 0 Å². The van der Waals surface area contributed by atoms with Crippen LogP contribution in [-0.4, -0.2) is 4.98 Å². The van der Waals surface area contributed by atoms with Gasteiger partial charge in [0, 0.05) is 29.8 Å². The molecule has 0 aliphatic rings. The molecule has 13 heavy (non-hydrogen) atoms. The average Bonchev–Trinajstić information content (AvgIpc) is 2.29. The van der Waals surface area contributed by atoms with E-state index in [0.29, 0.717) is 0 Å². The molecule has 1 aromatic rings. The van der Waals surface area contributed by atoms with Gasteiger partial charge in [0.15, 0.2) is 0 Å². The normalized spacial score (nSPS) is 4.15. The van der Waals surface area contributed by atoms with Gasteiger partial charge in [0.1, 0.15) is 0 Å². The van der Waals surface area contributed by atoms with E-state index in [1.165, 1.54) is 0 Å². The molecule has 0 aliphatic heterocycles. The summed E-state index contributed by atoms with van der Waals surface area (Å²) < 4.78 is 22.5. The van der Waals surface area contributed by atoms with Gasteiger partial charge in [-0.2, -0.15) is 0 Å². The van der Waals surface area contributed by atoms with Gasteiger partial charge in [-0.1, -0.05) is 6.07 Å². The SMILES string of the molecule is [C-]#[O+].[C-]#[O+].[C-]#[O+].[Cr].c1ccncc1. The van der Waals surface area contributed by atoms with Gasteiger partial charge in [-0.3, -0.25) is 4.98 Å². The van der Waals surface area contributed by atoms with E-state index in [0.717, 1.165) is 0 Å². The molecule has 0 spiro atoms. The predicted molar refractivity (Wildman–Crippen MR) is 36.0 cm³/mol. The van der Waals surface area contributed by atoms with E-state index in [2.05, 4.69) is 24.9 Å². The first-order valence-corrected chi connectivity index (χ1v) is 2.46. The van der Waals surface area contributed by atoms with Crippen molar-refractivity contribution in [3.8, 4) is 0 Å². The van der Waals surface area contributed by atoms with Crippen molar-refractivity contribution in [2.75, 3.05) is 0 Å². The van der Waals surface area contributed by atoms with Gasteiger partial charge in [0.2, 0.25) is 0 Å². The molecule has 1 rings (SSSR count). The first-order valence-electron chi connectivity index (χ1n) is 2.46. The summed E-state index contributed by atoms with van der Waals surface area (Å²) in [4.78, 5) is 3.78. The molecular formula is C8H5CrNO3. The molecule has 0 bridgehead atoms. The average molecular weight is 215 g/mol. The Bertz CT molecular complexity index is 167. The maximum Gasteiger partial charge on any atom is 0.0267 e. The molecule has 66 valence electrons. The Morgan fingerprint density at radius 2 is 1.00 bits per heavy atom. The summed E-state index contributed by atoms with van der Waals surface area (Å²) >= 11 is 0. The van der Waals surface area contributed by atoms with E-state index in [1.807, 2.05) is 18.2 Å². The van der Waals surface area contributed by atoms with Crippen LogP contribution in [0.15, 0.2) is 30.6 Å². The third-order valence-electron chi connectivity index (χ3n) is 0.566. The molecule has 5 heteroatoms. The smallest absolute Gasteiger partial charge is 0.0267 e. The summed E-state index contributed by atoms with van der Waals surface area (Å²) in [6.45, 7) is 13.5. The van der Waals surface area contributed by atoms with E-state index in [-0.39, 0.29) is 17.4 Å². The Kier molecular flexibility index (Phi) is 77.5. The minimum absolute atomic E-state index is 0. The topological polar surface area (TPSA) is 72.6 Å². The van der Waals surface area contributed by atoms with Crippen LogP contribution in [0.25, 0.3) is 0 Å². The van der Waals surface area contributed by atoms with Crippen molar-refractivity contribution in [3.05, 3.63) is 50.5 Å². The monoisotopic (exact) mass is 215 g/mol. The maximum atomic E-state index is 7.50. The molecule has 0 amide bonds. The summed E-state index contributed by atoms with van der Waals surface area (Å²) in [5.74, 6) is 0. The van der Waals surface area contributed by atoms with Crippen molar-refractivity contribution in [2.45, 2.75) is 0 Å². The zero-order valence-corrected chi connectivity index (χ0v) is 7.74. The number of rotatable bonds is 0. The molecular weight excluding hydrogens is 210 g/mol. The summed E-state index contributed by atoms with van der Waals surface area (Å²) in [7, 11) is 0. The van der Waals surface area contributed by atoms with E-state index >= 15 is 0 Å². The van der Waals surface area contributed by atoms with Crippen molar-refractivity contribution < 1.29 is 31.3 Å². The molecule has 0 unspecified atom stereocenters. The Balaban J connectivity index is -0.0000000508.